The molecular weight excluding hydrogens is 344 g/mol. The van der Waals surface area contributed by atoms with E-state index in [9.17, 15) is 14.4 Å². The van der Waals surface area contributed by atoms with Crippen molar-refractivity contribution in [3.63, 3.8) is 0 Å². The van der Waals surface area contributed by atoms with Crippen LogP contribution in [0.3, 0.4) is 0 Å². The molecule has 1 N–H and O–H groups in total. The maximum absolute atomic E-state index is 12.8. The number of carbonyl (C=O) groups excluding carboxylic acids is 1. The molecule has 0 spiro atoms. The number of aromatic amines is 1. The van der Waals surface area contributed by atoms with Crippen LogP contribution < -0.4 is 11.2 Å². The minimum Gasteiger partial charge on any atom is -0.462 e. The lowest BCUT2D eigenvalue weighted by molar-refractivity contribution is 0.0526. The molecule has 140 valence electrons. The summed E-state index contributed by atoms with van der Waals surface area (Å²) >= 11 is 0. The van der Waals surface area contributed by atoms with Crippen molar-refractivity contribution in [1.29, 1.82) is 0 Å². The number of carbonyl (C=O) groups is 1. The molecule has 0 radical (unpaired) electrons. The van der Waals surface area contributed by atoms with Gasteiger partial charge in [0.2, 0.25) is 0 Å². The van der Waals surface area contributed by atoms with Crippen LogP contribution in [0.15, 0.2) is 58.1 Å². The summed E-state index contributed by atoms with van der Waals surface area (Å²) < 4.78 is 6.20. The standard InChI is InChI=1S/C21H22N2O4/c1-3-27-20(25)16-11-12-17-18(13-16)22-21(26)23(19(17)24)14(2)9-10-15-7-5-4-6-8-15/h4-8,11-14H,3,9-10H2,1-2H3,(H,22,26). The van der Waals surface area contributed by atoms with Crippen LogP contribution in [0.25, 0.3) is 10.9 Å². The van der Waals surface area contributed by atoms with Crippen LogP contribution in [-0.4, -0.2) is 22.1 Å². The number of aromatic nitrogens is 2. The van der Waals surface area contributed by atoms with Crippen molar-refractivity contribution < 1.29 is 9.53 Å². The quantitative estimate of drug-likeness (QED) is 0.680. The second-order valence-corrected chi connectivity index (χ2v) is 6.46. The Hall–Kier alpha value is -3.15. The Labute approximate surface area is 156 Å². The summed E-state index contributed by atoms with van der Waals surface area (Å²) in [4.78, 5) is 39.9. The van der Waals surface area contributed by atoms with Gasteiger partial charge in [-0.3, -0.25) is 9.36 Å². The third-order valence-electron chi connectivity index (χ3n) is 4.57. The molecule has 3 rings (SSSR count). The molecule has 1 unspecified atom stereocenters. The van der Waals surface area contributed by atoms with Gasteiger partial charge >= 0.3 is 11.7 Å². The Kier molecular flexibility index (Phi) is 5.54. The van der Waals surface area contributed by atoms with E-state index < -0.39 is 11.7 Å². The zero-order valence-corrected chi connectivity index (χ0v) is 15.4. The molecule has 0 fully saturated rings. The Morgan fingerprint density at radius 3 is 2.59 bits per heavy atom. The number of nitrogens with zero attached hydrogens (tertiary/aromatic N) is 1. The lowest BCUT2D eigenvalue weighted by Crippen LogP contribution is -2.37. The largest absolute Gasteiger partial charge is 0.462 e. The number of rotatable bonds is 6. The van der Waals surface area contributed by atoms with Crippen molar-refractivity contribution in [2.24, 2.45) is 0 Å². The lowest BCUT2D eigenvalue weighted by atomic mass is 10.1. The van der Waals surface area contributed by atoms with Gasteiger partial charge in [0.1, 0.15) is 0 Å². The van der Waals surface area contributed by atoms with Crippen LogP contribution >= 0.6 is 0 Å². The molecule has 1 heterocycles. The fourth-order valence-electron chi connectivity index (χ4n) is 3.12. The highest BCUT2D eigenvalue weighted by Gasteiger charge is 2.15. The molecule has 1 aromatic heterocycles. The SMILES string of the molecule is CCOC(=O)c1ccc2c(=O)n(C(C)CCc3ccccc3)c(=O)[nH]c2c1. The van der Waals surface area contributed by atoms with Gasteiger partial charge in [0.05, 0.1) is 23.1 Å². The molecule has 0 aliphatic heterocycles. The zero-order valence-electron chi connectivity index (χ0n) is 15.4. The summed E-state index contributed by atoms with van der Waals surface area (Å²) in [5.74, 6) is -0.486. The molecule has 2 aromatic carbocycles. The van der Waals surface area contributed by atoms with Gasteiger partial charge in [-0.15, -0.1) is 0 Å². The number of H-pyrrole nitrogens is 1. The maximum Gasteiger partial charge on any atom is 0.338 e. The van der Waals surface area contributed by atoms with Crippen molar-refractivity contribution in [1.82, 2.24) is 9.55 Å². The first-order valence-electron chi connectivity index (χ1n) is 9.01. The number of nitrogens with one attached hydrogen (secondary N) is 1. The number of hydrogen-bond acceptors (Lipinski definition) is 4. The summed E-state index contributed by atoms with van der Waals surface area (Å²) in [6, 6.07) is 14.3. The third kappa shape index (κ3) is 4.00. The maximum atomic E-state index is 12.8. The molecule has 27 heavy (non-hydrogen) atoms. The number of aryl methyl sites for hydroxylation is 1. The van der Waals surface area contributed by atoms with Gasteiger partial charge in [0.25, 0.3) is 5.56 Å². The molecule has 6 nitrogen and oxygen atoms in total. The van der Waals surface area contributed by atoms with E-state index in [1.807, 2.05) is 37.3 Å². The van der Waals surface area contributed by atoms with Crippen molar-refractivity contribution >= 4 is 16.9 Å². The van der Waals surface area contributed by atoms with Crippen LogP contribution in [0, 0.1) is 0 Å². The molecule has 0 saturated heterocycles. The van der Waals surface area contributed by atoms with Crippen molar-refractivity contribution in [3.05, 3.63) is 80.5 Å². The van der Waals surface area contributed by atoms with Crippen molar-refractivity contribution in [3.8, 4) is 0 Å². The van der Waals surface area contributed by atoms with E-state index in [2.05, 4.69) is 4.98 Å². The van der Waals surface area contributed by atoms with E-state index >= 15 is 0 Å². The van der Waals surface area contributed by atoms with Crippen LogP contribution in [0.1, 0.15) is 42.2 Å². The monoisotopic (exact) mass is 366 g/mol. The lowest BCUT2D eigenvalue weighted by Gasteiger charge is -2.15. The molecule has 0 aliphatic rings. The normalized spacial score (nSPS) is 12.1. The average molecular weight is 366 g/mol. The second-order valence-electron chi connectivity index (χ2n) is 6.46. The van der Waals surface area contributed by atoms with Crippen LogP contribution in [-0.2, 0) is 11.2 Å². The number of fused-ring (bicyclic) bond motifs is 1. The van der Waals surface area contributed by atoms with Gasteiger partial charge in [-0.25, -0.2) is 9.59 Å². The smallest absolute Gasteiger partial charge is 0.338 e. The van der Waals surface area contributed by atoms with Crippen molar-refractivity contribution in [2.75, 3.05) is 6.61 Å². The predicted molar refractivity (Wildman–Crippen MR) is 104 cm³/mol. The molecule has 3 aromatic rings. The Balaban J connectivity index is 1.92. The van der Waals surface area contributed by atoms with Gasteiger partial charge in [0, 0.05) is 6.04 Å². The highest BCUT2D eigenvalue weighted by molar-refractivity contribution is 5.94. The first-order chi connectivity index (χ1) is 13.0. The van der Waals surface area contributed by atoms with E-state index in [0.29, 0.717) is 22.9 Å². The average Bonchev–Trinajstić information content (AvgIpc) is 2.67. The highest BCUT2D eigenvalue weighted by Crippen LogP contribution is 2.14. The number of benzene rings is 2. The van der Waals surface area contributed by atoms with Gasteiger partial charge in [-0.2, -0.15) is 0 Å². The van der Waals surface area contributed by atoms with Gasteiger partial charge in [-0.05, 0) is 50.5 Å². The van der Waals surface area contributed by atoms with Crippen molar-refractivity contribution in [2.45, 2.75) is 32.7 Å². The molecule has 0 bridgehead atoms. The number of ether oxygens (including phenoxy) is 1. The van der Waals surface area contributed by atoms with E-state index in [1.54, 1.807) is 19.1 Å². The predicted octanol–water partition coefficient (Wildman–Crippen LogP) is 3.06. The molecule has 0 amide bonds. The van der Waals surface area contributed by atoms with Crippen LogP contribution in [0.5, 0.6) is 0 Å². The fraction of sp³-hybridized carbons (Fsp3) is 0.286. The Bertz CT molecular complexity index is 1070. The minimum absolute atomic E-state index is 0.254. The van der Waals surface area contributed by atoms with E-state index in [0.717, 1.165) is 12.0 Å². The Morgan fingerprint density at radius 1 is 1.15 bits per heavy atom. The van der Waals surface area contributed by atoms with Crippen LogP contribution in [0.2, 0.25) is 0 Å². The highest BCUT2D eigenvalue weighted by atomic mass is 16.5. The first-order valence-corrected chi connectivity index (χ1v) is 9.01. The molecule has 1 atom stereocenters. The fourth-order valence-corrected chi connectivity index (χ4v) is 3.12. The minimum atomic E-state index is -0.486. The summed E-state index contributed by atoms with van der Waals surface area (Å²) in [6.45, 7) is 3.84. The first kappa shape index (κ1) is 18.6. The van der Waals surface area contributed by atoms with E-state index in [1.165, 1.54) is 10.6 Å². The van der Waals surface area contributed by atoms with Gasteiger partial charge in [-0.1, -0.05) is 30.3 Å². The molecular formula is C21H22N2O4. The zero-order chi connectivity index (χ0) is 19.4. The van der Waals surface area contributed by atoms with E-state index in [4.69, 9.17) is 4.74 Å². The Morgan fingerprint density at radius 2 is 1.89 bits per heavy atom. The molecule has 6 heteroatoms. The molecule has 0 saturated carbocycles. The summed E-state index contributed by atoms with van der Waals surface area (Å²) in [7, 11) is 0. The topological polar surface area (TPSA) is 81.2 Å². The second kappa shape index (κ2) is 8.03. The van der Waals surface area contributed by atoms with Gasteiger partial charge < -0.3 is 9.72 Å². The van der Waals surface area contributed by atoms with Crippen LogP contribution in [0.4, 0.5) is 0 Å². The van der Waals surface area contributed by atoms with Gasteiger partial charge in [0.15, 0.2) is 0 Å². The number of esters is 1. The molecule has 0 aliphatic carbocycles. The summed E-state index contributed by atoms with van der Waals surface area (Å²) in [6.07, 6.45) is 1.44. The summed E-state index contributed by atoms with van der Waals surface area (Å²) in [5.41, 5.74) is 0.962. The number of hydrogen-bond donors (Lipinski definition) is 1. The van der Waals surface area contributed by atoms with E-state index in [-0.39, 0.29) is 18.2 Å². The summed E-state index contributed by atoms with van der Waals surface area (Å²) in [5, 5.41) is 0.370. The third-order valence-corrected chi connectivity index (χ3v) is 4.57.